The van der Waals surface area contributed by atoms with E-state index in [2.05, 4.69) is 10.6 Å². The van der Waals surface area contributed by atoms with Crippen molar-refractivity contribution >= 4 is 34.9 Å². The van der Waals surface area contributed by atoms with Crippen molar-refractivity contribution in [3.05, 3.63) is 119 Å². The van der Waals surface area contributed by atoms with Crippen LogP contribution in [0, 0.1) is 5.21 Å². The van der Waals surface area contributed by atoms with Crippen LogP contribution in [0.4, 0.5) is 16.2 Å². The third-order valence-electron chi connectivity index (χ3n) is 5.88. The van der Waals surface area contributed by atoms with E-state index in [0.29, 0.717) is 28.6 Å². The number of aromatic nitrogens is 1. The van der Waals surface area contributed by atoms with Gasteiger partial charge in [0.15, 0.2) is 6.20 Å². The molecule has 5 rings (SSSR count). The highest BCUT2D eigenvalue weighted by Crippen LogP contribution is 2.35. The molecule has 0 bridgehead atoms. The first-order valence-corrected chi connectivity index (χ1v) is 11.4. The first-order valence-electron chi connectivity index (χ1n) is 11.0. The van der Waals surface area contributed by atoms with Crippen LogP contribution in [0.3, 0.4) is 0 Å². The van der Waals surface area contributed by atoms with Crippen LogP contribution < -0.4 is 15.4 Å². The average Bonchev–Trinajstić information content (AvgIpc) is 3.26. The van der Waals surface area contributed by atoms with Crippen molar-refractivity contribution in [3.8, 4) is 11.3 Å². The molecule has 7 nitrogen and oxygen atoms in total. The Morgan fingerprint density at radius 3 is 2.26 bits per heavy atom. The van der Waals surface area contributed by atoms with Crippen LogP contribution in [0.15, 0.2) is 97.2 Å². The number of nitrogens with one attached hydrogen (secondary N) is 2. The Morgan fingerprint density at radius 1 is 0.857 bits per heavy atom. The molecule has 1 atom stereocenters. The summed E-state index contributed by atoms with van der Waals surface area (Å²) in [6, 6.07) is 25.3. The van der Waals surface area contributed by atoms with Gasteiger partial charge in [-0.05, 0) is 65.7 Å². The number of carbonyl (C=O) groups excluding carboxylic acids is 2. The van der Waals surface area contributed by atoms with Crippen LogP contribution in [0.2, 0.25) is 5.02 Å². The Morgan fingerprint density at radius 2 is 1.51 bits per heavy atom. The van der Waals surface area contributed by atoms with Crippen LogP contribution in [-0.4, -0.2) is 16.8 Å². The fourth-order valence-corrected chi connectivity index (χ4v) is 4.30. The molecule has 1 aliphatic heterocycles. The number of hydrogen-bond donors (Lipinski definition) is 2. The third-order valence-corrected chi connectivity index (χ3v) is 6.13. The summed E-state index contributed by atoms with van der Waals surface area (Å²) in [5, 5.41) is 18.3. The second-order valence-corrected chi connectivity index (χ2v) is 8.58. The number of halogens is 1. The normalized spacial score (nSPS) is 14.3. The molecule has 0 radical (unpaired) electrons. The number of rotatable bonds is 4. The summed E-state index contributed by atoms with van der Waals surface area (Å²) >= 11 is 5.94. The molecule has 0 spiro atoms. The fraction of sp³-hybridized carbons (Fsp3) is 0.0741. The lowest BCUT2D eigenvalue weighted by Crippen LogP contribution is -2.39. The Kier molecular flexibility index (Phi) is 6.08. The zero-order valence-corrected chi connectivity index (χ0v) is 19.3. The van der Waals surface area contributed by atoms with Crippen LogP contribution in [0.1, 0.15) is 17.2 Å². The molecular formula is C27H21ClN4O3. The second-order valence-electron chi connectivity index (χ2n) is 8.14. The topological polar surface area (TPSA) is 88.4 Å². The van der Waals surface area contributed by atoms with Crippen molar-refractivity contribution in [3.63, 3.8) is 0 Å². The molecule has 8 heteroatoms. The van der Waals surface area contributed by atoms with Gasteiger partial charge in [-0.1, -0.05) is 35.9 Å². The predicted molar refractivity (Wildman–Crippen MR) is 135 cm³/mol. The van der Waals surface area contributed by atoms with E-state index in [1.54, 1.807) is 66.7 Å². The highest BCUT2D eigenvalue weighted by Gasteiger charge is 2.38. The highest BCUT2D eigenvalue weighted by molar-refractivity contribution is 6.30. The smallest absolute Gasteiger partial charge is 0.323 e. The van der Waals surface area contributed by atoms with Gasteiger partial charge >= 0.3 is 6.03 Å². The van der Waals surface area contributed by atoms with Gasteiger partial charge in [0.25, 0.3) is 5.91 Å². The largest absolute Gasteiger partial charge is 0.618 e. The number of nitrogens with zero attached hydrogens (tertiary/aromatic N) is 2. The van der Waals surface area contributed by atoms with Gasteiger partial charge in [-0.25, -0.2) is 4.79 Å². The summed E-state index contributed by atoms with van der Waals surface area (Å²) in [5.74, 6) is -0.326. The van der Waals surface area contributed by atoms with Crippen LogP contribution in [-0.2, 0) is 11.3 Å². The van der Waals surface area contributed by atoms with Gasteiger partial charge < -0.3 is 20.7 Å². The number of amides is 3. The van der Waals surface area contributed by atoms with Gasteiger partial charge in [0.1, 0.15) is 6.04 Å². The molecular weight excluding hydrogens is 464 g/mol. The minimum Gasteiger partial charge on any atom is -0.618 e. The molecule has 174 valence electrons. The monoisotopic (exact) mass is 484 g/mol. The quantitative estimate of drug-likeness (QED) is 0.301. The van der Waals surface area contributed by atoms with E-state index in [0.717, 1.165) is 21.4 Å². The molecule has 3 amide bonds. The summed E-state index contributed by atoms with van der Waals surface area (Å²) in [4.78, 5) is 28.0. The lowest BCUT2D eigenvalue weighted by molar-refractivity contribution is -0.593. The third kappa shape index (κ3) is 4.67. The minimum absolute atomic E-state index is 0.310. The number of pyridine rings is 1. The van der Waals surface area contributed by atoms with Crippen molar-refractivity contribution in [2.24, 2.45) is 0 Å². The molecule has 1 aliphatic rings. The SMILES string of the molecule is O=C(Nc1ccc(-c2cccc[n+]2[O-])cc1)C1c2ccccc2CN1C(=O)Nc1ccc(Cl)cc1. The van der Waals surface area contributed by atoms with E-state index in [-0.39, 0.29) is 11.9 Å². The maximum absolute atomic E-state index is 13.4. The van der Waals surface area contributed by atoms with Gasteiger partial charge in [-0.2, -0.15) is 4.73 Å². The molecule has 1 unspecified atom stereocenters. The second kappa shape index (κ2) is 9.48. The van der Waals surface area contributed by atoms with E-state index in [9.17, 15) is 14.8 Å². The van der Waals surface area contributed by atoms with E-state index < -0.39 is 6.04 Å². The van der Waals surface area contributed by atoms with E-state index in [1.165, 1.54) is 11.1 Å². The molecule has 35 heavy (non-hydrogen) atoms. The summed E-state index contributed by atoms with van der Waals surface area (Å²) in [7, 11) is 0. The highest BCUT2D eigenvalue weighted by atomic mass is 35.5. The van der Waals surface area contributed by atoms with Gasteiger partial charge in [0.05, 0.1) is 0 Å². The molecule has 3 aromatic carbocycles. The zero-order valence-electron chi connectivity index (χ0n) is 18.5. The van der Waals surface area contributed by atoms with Crippen molar-refractivity contribution < 1.29 is 14.3 Å². The average molecular weight is 485 g/mol. The Hall–Kier alpha value is -4.36. The molecule has 2 heterocycles. The van der Waals surface area contributed by atoms with Gasteiger partial charge in [-0.15, -0.1) is 0 Å². The van der Waals surface area contributed by atoms with Crippen molar-refractivity contribution in [1.29, 1.82) is 0 Å². The maximum atomic E-state index is 13.4. The minimum atomic E-state index is -0.795. The number of urea groups is 1. The summed E-state index contributed by atoms with van der Waals surface area (Å²) < 4.78 is 0.792. The predicted octanol–water partition coefficient (Wildman–Crippen LogP) is 5.37. The fourth-order valence-electron chi connectivity index (χ4n) is 4.17. The lowest BCUT2D eigenvalue weighted by Gasteiger charge is -2.25. The Balaban J connectivity index is 1.36. The first-order chi connectivity index (χ1) is 17.0. The van der Waals surface area contributed by atoms with Crippen LogP contribution in [0.5, 0.6) is 0 Å². The number of hydrogen-bond acceptors (Lipinski definition) is 3. The summed E-state index contributed by atoms with van der Waals surface area (Å²) in [6.07, 6.45) is 1.44. The zero-order chi connectivity index (χ0) is 24.4. The van der Waals surface area contributed by atoms with E-state index in [1.807, 2.05) is 24.3 Å². The van der Waals surface area contributed by atoms with E-state index in [4.69, 9.17) is 11.6 Å². The maximum Gasteiger partial charge on any atom is 0.323 e. The number of anilines is 2. The molecule has 0 aliphatic carbocycles. The van der Waals surface area contributed by atoms with Gasteiger partial charge in [-0.3, -0.25) is 4.79 Å². The number of benzene rings is 3. The van der Waals surface area contributed by atoms with Gasteiger partial charge in [0, 0.05) is 40.6 Å². The van der Waals surface area contributed by atoms with Gasteiger partial charge in [0.2, 0.25) is 5.69 Å². The number of fused-ring (bicyclic) bond motifs is 1. The lowest BCUT2D eigenvalue weighted by atomic mass is 10.0. The molecule has 4 aromatic rings. The Labute approximate surface area is 207 Å². The van der Waals surface area contributed by atoms with Crippen LogP contribution in [0.25, 0.3) is 11.3 Å². The molecule has 1 aromatic heterocycles. The Bertz CT molecular complexity index is 1390. The summed E-state index contributed by atoms with van der Waals surface area (Å²) in [6.45, 7) is 0.310. The molecule has 0 fully saturated rings. The van der Waals surface area contributed by atoms with Crippen molar-refractivity contribution in [2.75, 3.05) is 10.6 Å². The van der Waals surface area contributed by atoms with Crippen molar-refractivity contribution in [1.82, 2.24) is 4.90 Å². The molecule has 0 saturated carbocycles. The standard InChI is InChI=1S/C27H21ClN4O3/c28-20-10-14-22(15-11-20)30-27(34)31-17-19-5-1-2-6-23(19)25(31)26(33)29-21-12-8-18(9-13-21)24-7-3-4-16-32(24)35/h1-16,25H,17H2,(H,29,33)(H,30,34). The first kappa shape index (κ1) is 22.4. The van der Waals surface area contributed by atoms with Crippen LogP contribution >= 0.6 is 11.6 Å². The summed E-state index contributed by atoms with van der Waals surface area (Å²) in [5.41, 5.74) is 4.09. The van der Waals surface area contributed by atoms with Crippen molar-refractivity contribution in [2.45, 2.75) is 12.6 Å². The molecule has 0 saturated heterocycles. The molecule has 2 N–H and O–H groups in total. The number of carbonyl (C=O) groups is 2. The van der Waals surface area contributed by atoms with E-state index >= 15 is 0 Å².